The van der Waals surface area contributed by atoms with Gasteiger partial charge in [0.1, 0.15) is 12.1 Å². The Morgan fingerprint density at radius 2 is 1.76 bits per heavy atom. The van der Waals surface area contributed by atoms with Crippen LogP contribution in [-0.2, 0) is 19.6 Å². The smallest absolute Gasteiger partial charge is 0.251 e. The van der Waals surface area contributed by atoms with E-state index >= 15 is 0 Å². The molecular formula is C22H24ClF2N3O4S. The van der Waals surface area contributed by atoms with Crippen LogP contribution in [0.15, 0.2) is 41.3 Å². The number of sulfonamides is 1. The van der Waals surface area contributed by atoms with E-state index in [1.807, 2.05) is 0 Å². The first-order valence-electron chi connectivity index (χ1n) is 10.7. The van der Waals surface area contributed by atoms with Crippen molar-refractivity contribution in [2.75, 3.05) is 19.6 Å². The van der Waals surface area contributed by atoms with Gasteiger partial charge in [-0.15, -0.1) is 0 Å². The maximum absolute atomic E-state index is 13.4. The van der Waals surface area contributed by atoms with Gasteiger partial charge in [0.15, 0.2) is 0 Å². The number of halogens is 3. The largest absolute Gasteiger partial charge is 0.340 e. The normalized spacial score (nSPS) is 22.1. The first-order chi connectivity index (χ1) is 15.5. The highest BCUT2D eigenvalue weighted by molar-refractivity contribution is 7.89. The first kappa shape index (κ1) is 23.8. The van der Waals surface area contributed by atoms with Crippen LogP contribution >= 0.6 is 11.6 Å². The van der Waals surface area contributed by atoms with Gasteiger partial charge >= 0.3 is 0 Å². The number of carbonyl (C=O) groups is 2. The van der Waals surface area contributed by atoms with Gasteiger partial charge in [0, 0.05) is 37.5 Å². The highest BCUT2D eigenvalue weighted by Crippen LogP contribution is 2.29. The second-order valence-corrected chi connectivity index (χ2v) is 10.7. The van der Waals surface area contributed by atoms with Gasteiger partial charge in [-0.1, -0.05) is 23.7 Å². The van der Waals surface area contributed by atoms with Crippen LogP contribution in [0.2, 0.25) is 5.02 Å². The molecule has 0 aromatic heterocycles. The molecule has 0 bridgehead atoms. The van der Waals surface area contributed by atoms with Crippen molar-refractivity contribution in [3.8, 4) is 0 Å². The van der Waals surface area contributed by atoms with Gasteiger partial charge < -0.3 is 9.80 Å². The molecule has 4 rings (SSSR count). The third-order valence-corrected chi connectivity index (χ3v) is 7.96. The van der Waals surface area contributed by atoms with Crippen LogP contribution in [0.3, 0.4) is 0 Å². The molecular weight excluding hydrogens is 476 g/mol. The molecule has 2 aromatic rings. The van der Waals surface area contributed by atoms with Crippen molar-refractivity contribution < 1.29 is 26.8 Å². The number of piperidine rings is 1. The zero-order valence-corrected chi connectivity index (χ0v) is 19.5. The molecule has 2 heterocycles. The van der Waals surface area contributed by atoms with Crippen LogP contribution < -0.4 is 4.72 Å². The Kier molecular flexibility index (Phi) is 6.36. The molecule has 0 radical (unpaired) electrons. The number of likely N-dealkylation sites (tertiary alicyclic amines) is 2. The average molecular weight is 500 g/mol. The lowest BCUT2D eigenvalue weighted by Gasteiger charge is -2.35. The van der Waals surface area contributed by atoms with Crippen molar-refractivity contribution in [1.29, 1.82) is 0 Å². The Morgan fingerprint density at radius 3 is 2.45 bits per heavy atom. The number of hydrogen-bond acceptors (Lipinski definition) is 4. The van der Waals surface area contributed by atoms with Crippen molar-refractivity contribution in [2.45, 2.75) is 49.1 Å². The maximum Gasteiger partial charge on any atom is 0.251 e. The van der Waals surface area contributed by atoms with E-state index in [1.165, 1.54) is 21.9 Å². The Hall–Kier alpha value is -2.30. The predicted octanol–water partition coefficient (Wildman–Crippen LogP) is 3.02. The van der Waals surface area contributed by atoms with Gasteiger partial charge in [-0.2, -0.15) is 4.72 Å². The van der Waals surface area contributed by atoms with E-state index in [1.54, 1.807) is 31.2 Å². The van der Waals surface area contributed by atoms with E-state index in [0.29, 0.717) is 10.4 Å². The monoisotopic (exact) mass is 499 g/mol. The van der Waals surface area contributed by atoms with Crippen molar-refractivity contribution in [1.82, 2.24) is 14.5 Å². The lowest BCUT2D eigenvalue weighted by Crippen LogP contribution is -2.52. The summed E-state index contributed by atoms with van der Waals surface area (Å²) in [7, 11) is -3.99. The van der Waals surface area contributed by atoms with E-state index < -0.39 is 52.7 Å². The number of carbonyl (C=O) groups excluding carboxylic acids is 2. The fourth-order valence-electron chi connectivity index (χ4n) is 4.26. The van der Waals surface area contributed by atoms with Crippen LogP contribution in [0.25, 0.3) is 10.8 Å². The topological polar surface area (TPSA) is 86.8 Å². The molecule has 178 valence electrons. The maximum atomic E-state index is 13.4. The number of nitrogens with one attached hydrogen (secondary N) is 1. The van der Waals surface area contributed by atoms with Crippen molar-refractivity contribution >= 4 is 44.2 Å². The van der Waals surface area contributed by atoms with Crippen molar-refractivity contribution in [3.63, 3.8) is 0 Å². The van der Waals surface area contributed by atoms with Crippen molar-refractivity contribution in [2.24, 2.45) is 0 Å². The summed E-state index contributed by atoms with van der Waals surface area (Å²) in [5.74, 6) is -3.69. The minimum atomic E-state index is -3.99. The molecule has 2 fully saturated rings. The van der Waals surface area contributed by atoms with Gasteiger partial charge in [-0.25, -0.2) is 17.2 Å². The highest BCUT2D eigenvalue weighted by Gasteiger charge is 2.42. The van der Waals surface area contributed by atoms with Crippen LogP contribution in [0, 0.1) is 0 Å². The standard InChI is InChI=1S/C22H24ClF2N3O4S/c1-14(20(29)27-10-7-22(24,25)8-11-27)28-9-6-19(21(28)30)26-33(31,32)18-5-3-15-12-17(23)4-2-16(15)13-18/h2-5,12-14,19,26H,6-11H2,1H3/t14-,19?/m0/s1. The van der Waals surface area contributed by atoms with Crippen molar-refractivity contribution in [3.05, 3.63) is 41.4 Å². The minimum absolute atomic E-state index is 0.0157. The summed E-state index contributed by atoms with van der Waals surface area (Å²) < 4.78 is 55.0. The fraction of sp³-hybridized carbons (Fsp3) is 0.455. The van der Waals surface area contributed by atoms with Crippen LogP contribution in [0.1, 0.15) is 26.2 Å². The summed E-state index contributed by atoms with van der Waals surface area (Å²) >= 11 is 5.97. The lowest BCUT2D eigenvalue weighted by atomic mass is 10.1. The van der Waals surface area contributed by atoms with Gasteiger partial charge in [-0.05, 0) is 48.4 Å². The van der Waals surface area contributed by atoms with Gasteiger partial charge in [0.05, 0.1) is 4.90 Å². The summed E-state index contributed by atoms with van der Waals surface area (Å²) in [4.78, 5) is 28.3. The highest BCUT2D eigenvalue weighted by atomic mass is 35.5. The molecule has 0 aliphatic carbocycles. The first-order valence-corrected chi connectivity index (χ1v) is 12.5. The molecule has 0 spiro atoms. The average Bonchev–Trinajstić information content (AvgIpc) is 3.11. The van der Waals surface area contributed by atoms with E-state index in [0.717, 1.165) is 5.39 Å². The number of rotatable bonds is 5. The Morgan fingerprint density at radius 1 is 1.12 bits per heavy atom. The molecule has 2 aromatic carbocycles. The minimum Gasteiger partial charge on any atom is -0.340 e. The third-order valence-electron chi connectivity index (χ3n) is 6.25. The molecule has 2 aliphatic heterocycles. The van der Waals surface area contributed by atoms with E-state index in [4.69, 9.17) is 11.6 Å². The summed E-state index contributed by atoms with van der Waals surface area (Å²) in [5, 5.41) is 2.01. The zero-order chi connectivity index (χ0) is 24.0. The van der Waals surface area contributed by atoms with Gasteiger partial charge in [0.2, 0.25) is 21.8 Å². The number of amides is 2. The molecule has 2 aliphatic rings. The van der Waals surface area contributed by atoms with E-state index in [2.05, 4.69) is 4.72 Å². The molecule has 2 atom stereocenters. The number of nitrogens with zero attached hydrogens (tertiary/aromatic N) is 2. The molecule has 33 heavy (non-hydrogen) atoms. The van der Waals surface area contributed by atoms with E-state index in [-0.39, 0.29) is 31.0 Å². The number of hydrogen-bond donors (Lipinski definition) is 1. The molecule has 0 saturated carbocycles. The Labute approximate surface area is 195 Å². The predicted molar refractivity (Wildman–Crippen MR) is 120 cm³/mol. The molecule has 1 N–H and O–H groups in total. The van der Waals surface area contributed by atoms with Crippen LogP contribution in [0.4, 0.5) is 8.78 Å². The summed E-state index contributed by atoms with van der Waals surface area (Å²) in [6.07, 6.45) is -0.601. The van der Waals surface area contributed by atoms with E-state index in [9.17, 15) is 26.8 Å². The molecule has 2 saturated heterocycles. The van der Waals surface area contributed by atoms with Crippen LogP contribution in [0.5, 0.6) is 0 Å². The lowest BCUT2D eigenvalue weighted by molar-refractivity contribution is -0.147. The van der Waals surface area contributed by atoms with Crippen LogP contribution in [-0.4, -0.2) is 67.7 Å². The number of benzene rings is 2. The zero-order valence-electron chi connectivity index (χ0n) is 17.9. The number of fused-ring (bicyclic) bond motifs is 1. The fourth-order valence-corrected chi connectivity index (χ4v) is 5.70. The molecule has 7 nitrogen and oxygen atoms in total. The molecule has 11 heteroatoms. The second kappa shape index (κ2) is 8.81. The second-order valence-electron chi connectivity index (χ2n) is 8.50. The molecule has 2 amide bonds. The third kappa shape index (κ3) is 4.97. The Balaban J connectivity index is 1.43. The summed E-state index contributed by atoms with van der Waals surface area (Å²) in [6.45, 7) is 1.60. The quantitative estimate of drug-likeness (QED) is 0.685. The summed E-state index contributed by atoms with van der Waals surface area (Å²) in [5.41, 5.74) is 0. The Bertz CT molecular complexity index is 1200. The SMILES string of the molecule is C[C@@H](C(=O)N1CCC(F)(F)CC1)N1CCC(NS(=O)(=O)c2ccc3cc(Cl)ccc3c2)C1=O. The van der Waals surface area contributed by atoms with Gasteiger partial charge in [-0.3, -0.25) is 9.59 Å². The number of alkyl halides is 2. The van der Waals surface area contributed by atoms with Gasteiger partial charge in [0.25, 0.3) is 5.92 Å². The molecule has 1 unspecified atom stereocenters. The summed E-state index contributed by atoms with van der Waals surface area (Å²) in [6, 6.07) is 7.82.